The van der Waals surface area contributed by atoms with Gasteiger partial charge in [-0.3, -0.25) is 4.79 Å². The van der Waals surface area contributed by atoms with Crippen molar-refractivity contribution in [3.05, 3.63) is 85.5 Å². The molecule has 0 unspecified atom stereocenters. The number of carbonyl (C=O) groups excluding carboxylic acids is 2. The van der Waals surface area contributed by atoms with Crippen LogP contribution in [0, 0.1) is 0 Å². The van der Waals surface area contributed by atoms with Crippen molar-refractivity contribution in [3.63, 3.8) is 0 Å². The predicted molar refractivity (Wildman–Crippen MR) is 180 cm³/mol. The van der Waals surface area contributed by atoms with E-state index < -0.39 is 5.97 Å². The van der Waals surface area contributed by atoms with E-state index in [-0.39, 0.29) is 6.61 Å². The quantitative estimate of drug-likeness (QED) is 0.0516. The van der Waals surface area contributed by atoms with Gasteiger partial charge in [0.15, 0.2) is 0 Å². The maximum Gasteiger partial charge on any atom is 0.330 e. The molecule has 45 heavy (non-hydrogen) atoms. The van der Waals surface area contributed by atoms with Gasteiger partial charge in [-0.25, -0.2) is 4.79 Å². The molecule has 0 aliphatic rings. The molecule has 9 nitrogen and oxygen atoms in total. The van der Waals surface area contributed by atoms with Gasteiger partial charge in [0, 0.05) is 31.7 Å². The average molecular weight is 612 g/mol. The summed E-state index contributed by atoms with van der Waals surface area (Å²) in [6, 6.07) is 22.7. The maximum atomic E-state index is 11.3. The number of likely N-dealkylation sites (N-methyl/N-ethyl adjacent to an activating group) is 1. The molecule has 0 aliphatic heterocycles. The maximum absolute atomic E-state index is 11.3. The Kier molecular flexibility index (Phi) is 15.7. The van der Waals surface area contributed by atoms with Crippen LogP contribution in [-0.4, -0.2) is 38.6 Å². The van der Waals surface area contributed by atoms with Gasteiger partial charge in [-0.1, -0.05) is 45.6 Å². The predicted octanol–water partition coefficient (Wildman–Crippen LogP) is 10.2. The number of Topliss-reactive ketones (excluding diaryl/α,β-unsaturated/α-hetero) is 1. The van der Waals surface area contributed by atoms with E-state index in [1.54, 1.807) is 0 Å². The molecule has 0 aromatic heterocycles. The van der Waals surface area contributed by atoms with E-state index in [4.69, 9.17) is 9.47 Å². The summed E-state index contributed by atoms with van der Waals surface area (Å²) in [5.41, 5.74) is 3.88. The summed E-state index contributed by atoms with van der Waals surface area (Å²) in [4.78, 5) is 24.5. The molecule has 0 saturated heterocycles. The summed E-state index contributed by atoms with van der Waals surface area (Å²) in [5.74, 6) is 0.783. The number of hydrogen-bond donors (Lipinski definition) is 0. The first kappa shape index (κ1) is 34.8. The first-order chi connectivity index (χ1) is 22.0. The molecule has 0 saturated carbocycles. The number of ether oxygens (including phenoxy) is 2. The third-order valence-electron chi connectivity index (χ3n) is 7.14. The summed E-state index contributed by atoms with van der Waals surface area (Å²) in [6.45, 7) is 6.88. The minimum absolute atomic E-state index is 0.285. The summed E-state index contributed by atoms with van der Waals surface area (Å²) in [5, 5.41) is 17.3. The standard InChI is InChI=1S/C36H45N5O4/c1-4-34(42)13-11-9-7-6-8-10-12-27-44-35-24-20-32(21-25-35)40-38-30-16-14-29(15-17-30)37-39-31-18-22-33(23-19-31)41(3)26-28-45-36(43)5-2/h5,14-25H,2,4,6-13,26-28H2,1,3H3. The first-order valence-electron chi connectivity index (χ1n) is 15.8. The molecule has 0 N–H and O–H groups in total. The number of nitrogens with zero attached hydrogens (tertiary/aromatic N) is 5. The molecule has 0 fully saturated rings. The fourth-order valence-corrected chi connectivity index (χ4v) is 4.35. The van der Waals surface area contributed by atoms with Crippen molar-refractivity contribution in [2.75, 3.05) is 31.7 Å². The van der Waals surface area contributed by atoms with Crippen LogP contribution in [0.5, 0.6) is 5.75 Å². The topological polar surface area (TPSA) is 105 Å². The van der Waals surface area contributed by atoms with Gasteiger partial charge in [-0.2, -0.15) is 20.5 Å². The van der Waals surface area contributed by atoms with Crippen LogP contribution >= 0.6 is 0 Å². The normalized spacial score (nSPS) is 11.2. The Morgan fingerprint density at radius 3 is 1.67 bits per heavy atom. The molecular weight excluding hydrogens is 566 g/mol. The van der Waals surface area contributed by atoms with Crippen LogP contribution in [0.25, 0.3) is 0 Å². The highest BCUT2D eigenvalue weighted by Gasteiger charge is 2.03. The molecule has 0 bridgehead atoms. The second-order valence-corrected chi connectivity index (χ2v) is 10.7. The van der Waals surface area contributed by atoms with Crippen LogP contribution in [-0.2, 0) is 14.3 Å². The molecule has 3 aromatic rings. The van der Waals surface area contributed by atoms with Crippen LogP contribution in [0.4, 0.5) is 28.4 Å². The largest absolute Gasteiger partial charge is 0.494 e. The second-order valence-electron chi connectivity index (χ2n) is 10.7. The van der Waals surface area contributed by atoms with Crippen molar-refractivity contribution in [2.45, 2.75) is 64.7 Å². The zero-order chi connectivity index (χ0) is 32.1. The number of anilines is 1. The minimum Gasteiger partial charge on any atom is -0.494 e. The van der Waals surface area contributed by atoms with Crippen LogP contribution in [0.1, 0.15) is 64.7 Å². The summed E-state index contributed by atoms with van der Waals surface area (Å²) >= 11 is 0. The Morgan fingerprint density at radius 2 is 1.16 bits per heavy atom. The lowest BCUT2D eigenvalue weighted by Gasteiger charge is -2.18. The van der Waals surface area contributed by atoms with E-state index in [0.717, 1.165) is 66.7 Å². The molecule has 0 radical (unpaired) electrons. The lowest BCUT2D eigenvalue weighted by Crippen LogP contribution is -2.23. The van der Waals surface area contributed by atoms with Crippen LogP contribution in [0.2, 0.25) is 0 Å². The van der Waals surface area contributed by atoms with E-state index in [1.165, 1.54) is 19.3 Å². The van der Waals surface area contributed by atoms with E-state index in [2.05, 4.69) is 27.0 Å². The smallest absolute Gasteiger partial charge is 0.330 e. The highest BCUT2D eigenvalue weighted by molar-refractivity contribution is 5.81. The molecular formula is C36H45N5O4. The van der Waals surface area contributed by atoms with Crippen molar-refractivity contribution >= 4 is 40.2 Å². The third kappa shape index (κ3) is 14.1. The third-order valence-corrected chi connectivity index (χ3v) is 7.14. The minimum atomic E-state index is -0.426. The number of carbonyl (C=O) groups is 2. The summed E-state index contributed by atoms with van der Waals surface area (Å²) in [7, 11) is 1.93. The van der Waals surface area contributed by atoms with E-state index in [0.29, 0.717) is 31.0 Å². The monoisotopic (exact) mass is 611 g/mol. The first-order valence-corrected chi connectivity index (χ1v) is 15.8. The highest BCUT2D eigenvalue weighted by atomic mass is 16.5. The van der Waals surface area contributed by atoms with Crippen molar-refractivity contribution in [1.82, 2.24) is 0 Å². The molecule has 0 heterocycles. The number of benzene rings is 3. The van der Waals surface area contributed by atoms with Gasteiger partial charge in [-0.15, -0.1) is 0 Å². The molecule has 3 rings (SSSR count). The molecule has 0 spiro atoms. The number of ketones is 1. The van der Waals surface area contributed by atoms with E-state index in [9.17, 15) is 9.59 Å². The Hall–Kier alpha value is -4.66. The lowest BCUT2D eigenvalue weighted by atomic mass is 10.1. The second kappa shape index (κ2) is 20.3. The fraction of sp³-hybridized carbons (Fsp3) is 0.389. The number of esters is 1. The number of unbranched alkanes of at least 4 members (excludes halogenated alkanes) is 6. The Labute approximate surface area is 267 Å². The van der Waals surface area contributed by atoms with Gasteiger partial charge in [0.25, 0.3) is 0 Å². The van der Waals surface area contributed by atoms with Gasteiger partial charge >= 0.3 is 5.97 Å². The van der Waals surface area contributed by atoms with Gasteiger partial charge in [-0.05, 0) is 85.6 Å². The number of rotatable bonds is 21. The van der Waals surface area contributed by atoms with Crippen molar-refractivity contribution in [2.24, 2.45) is 20.5 Å². The van der Waals surface area contributed by atoms with Crippen molar-refractivity contribution in [3.8, 4) is 5.75 Å². The van der Waals surface area contributed by atoms with Crippen molar-refractivity contribution < 1.29 is 19.1 Å². The molecule has 238 valence electrons. The zero-order valence-electron chi connectivity index (χ0n) is 26.6. The van der Waals surface area contributed by atoms with Gasteiger partial charge in [0.2, 0.25) is 0 Å². The average Bonchev–Trinajstić information content (AvgIpc) is 3.08. The van der Waals surface area contributed by atoms with Crippen LogP contribution in [0.3, 0.4) is 0 Å². The molecule has 9 heteroatoms. The Morgan fingerprint density at radius 1 is 0.689 bits per heavy atom. The van der Waals surface area contributed by atoms with Gasteiger partial charge < -0.3 is 14.4 Å². The zero-order valence-corrected chi connectivity index (χ0v) is 26.6. The van der Waals surface area contributed by atoms with Crippen LogP contribution in [0.15, 0.2) is 106 Å². The number of azo groups is 2. The van der Waals surface area contributed by atoms with Crippen LogP contribution < -0.4 is 9.64 Å². The molecule has 3 aromatic carbocycles. The summed E-state index contributed by atoms with van der Waals surface area (Å²) < 4.78 is 10.9. The van der Waals surface area contributed by atoms with E-state index >= 15 is 0 Å². The van der Waals surface area contributed by atoms with Gasteiger partial charge in [0.1, 0.15) is 18.1 Å². The van der Waals surface area contributed by atoms with E-state index in [1.807, 2.05) is 91.7 Å². The van der Waals surface area contributed by atoms with Crippen molar-refractivity contribution in [1.29, 1.82) is 0 Å². The fourth-order valence-electron chi connectivity index (χ4n) is 4.35. The highest BCUT2D eigenvalue weighted by Crippen LogP contribution is 2.25. The SMILES string of the molecule is C=CC(=O)OCCN(C)c1ccc(N=Nc2ccc(N=Nc3ccc(OCCCCCCCCCC(=O)CC)cc3)cc2)cc1. The molecule has 0 atom stereocenters. The number of hydrogen-bond acceptors (Lipinski definition) is 9. The Bertz CT molecular complexity index is 1370. The lowest BCUT2D eigenvalue weighted by molar-refractivity contribution is -0.137. The summed E-state index contributed by atoms with van der Waals surface area (Å²) in [6.07, 6.45) is 10.6. The molecule has 0 amide bonds. The Balaban J connectivity index is 1.33. The van der Waals surface area contributed by atoms with Gasteiger partial charge in [0.05, 0.1) is 35.9 Å². The molecule has 0 aliphatic carbocycles.